The van der Waals surface area contributed by atoms with Crippen molar-refractivity contribution in [2.75, 3.05) is 26.9 Å². The van der Waals surface area contributed by atoms with Gasteiger partial charge in [0.25, 0.3) is 0 Å². The Hall–Kier alpha value is -3.04. The lowest BCUT2D eigenvalue weighted by Gasteiger charge is -2.41. The SMILES string of the molecule is CC=C1[C@H](OC2OC(CO)C(O)C(O)C2O)OC=C(C(=O)OC)[C@H]1CC(=O)Oc1ccc(CCO[C@@H]2O[C@H](CO)[C@@H](O)[C@H](O)[C@H]2O)cc1. The van der Waals surface area contributed by atoms with E-state index in [0.717, 1.165) is 18.9 Å². The zero-order valence-corrected chi connectivity index (χ0v) is 26.2. The van der Waals surface area contributed by atoms with E-state index in [1.807, 2.05) is 0 Å². The van der Waals surface area contributed by atoms with Gasteiger partial charge >= 0.3 is 11.9 Å². The summed E-state index contributed by atoms with van der Waals surface area (Å²) in [5.41, 5.74) is 0.997. The van der Waals surface area contributed by atoms with Crippen molar-refractivity contribution in [1.82, 2.24) is 0 Å². The summed E-state index contributed by atoms with van der Waals surface area (Å²) >= 11 is 0. The van der Waals surface area contributed by atoms with E-state index < -0.39 is 98.8 Å². The predicted molar refractivity (Wildman–Crippen MR) is 157 cm³/mol. The highest BCUT2D eigenvalue weighted by atomic mass is 16.8. The van der Waals surface area contributed by atoms with Gasteiger partial charge in [-0.3, -0.25) is 4.79 Å². The van der Waals surface area contributed by atoms with Crippen molar-refractivity contribution in [3.8, 4) is 5.75 Å². The van der Waals surface area contributed by atoms with Crippen LogP contribution in [0.4, 0.5) is 0 Å². The van der Waals surface area contributed by atoms with Gasteiger partial charge in [0.15, 0.2) is 12.6 Å². The molecule has 5 unspecified atom stereocenters. The fraction of sp³-hybridized carbons (Fsp3) is 0.613. The molecule has 0 amide bonds. The molecule has 48 heavy (non-hydrogen) atoms. The van der Waals surface area contributed by atoms with Crippen LogP contribution in [0.15, 0.2) is 47.7 Å². The number of allylic oxidation sites excluding steroid dienone is 1. The first kappa shape index (κ1) is 37.8. The summed E-state index contributed by atoms with van der Waals surface area (Å²) in [5.74, 6) is -2.29. The molecule has 2 saturated heterocycles. The van der Waals surface area contributed by atoms with E-state index in [4.69, 9.17) is 33.2 Å². The Kier molecular flexibility index (Phi) is 13.4. The molecule has 12 atom stereocenters. The minimum atomic E-state index is -1.72. The van der Waals surface area contributed by atoms with Crippen molar-refractivity contribution < 1.29 is 83.6 Å². The molecule has 3 aliphatic heterocycles. The number of benzene rings is 1. The summed E-state index contributed by atoms with van der Waals surface area (Å²) in [6.07, 6.45) is -13.5. The van der Waals surface area contributed by atoms with Crippen LogP contribution in [-0.2, 0) is 44.4 Å². The van der Waals surface area contributed by atoms with Gasteiger partial charge in [0.05, 0.1) is 45.2 Å². The Balaban J connectivity index is 1.36. The highest BCUT2D eigenvalue weighted by Crippen LogP contribution is 2.36. The quantitative estimate of drug-likeness (QED) is 0.0624. The first-order valence-corrected chi connectivity index (χ1v) is 15.2. The topological polar surface area (TPSA) is 261 Å². The van der Waals surface area contributed by atoms with E-state index in [-0.39, 0.29) is 29.9 Å². The van der Waals surface area contributed by atoms with E-state index in [1.54, 1.807) is 19.1 Å². The number of methoxy groups -OCH3 is 1. The Bertz CT molecular complexity index is 1280. The van der Waals surface area contributed by atoms with Crippen LogP contribution < -0.4 is 4.74 Å². The van der Waals surface area contributed by atoms with E-state index in [2.05, 4.69) is 0 Å². The largest absolute Gasteiger partial charge is 0.468 e. The molecular formula is C31H42O17. The second kappa shape index (κ2) is 17.1. The Morgan fingerprint density at radius 3 is 1.98 bits per heavy atom. The number of rotatable bonds is 12. The van der Waals surface area contributed by atoms with E-state index in [1.165, 1.54) is 18.2 Å². The standard InChI is InChI=1S/C31H42O17/c1-3-16-17(18(28(41)42-2)13-44-29(16)48-31-27(40)25(38)23(36)20(12-33)47-31)10-21(34)45-15-6-4-14(5-7-15)8-9-43-30-26(39)24(37)22(35)19(11-32)46-30/h3-7,13,17,19-20,22-27,29-33,35-40H,8-12H2,1-2H3/t17-,19+,20?,22+,23?,24-,25?,26+,27?,29-,30+,31?/m0/s1. The van der Waals surface area contributed by atoms with Gasteiger partial charge in [-0.05, 0) is 31.0 Å². The molecule has 0 radical (unpaired) electrons. The molecule has 268 valence electrons. The molecule has 8 N–H and O–H groups in total. The maximum absolute atomic E-state index is 13.1. The van der Waals surface area contributed by atoms with Gasteiger partial charge in [-0.1, -0.05) is 18.2 Å². The first-order chi connectivity index (χ1) is 22.9. The van der Waals surface area contributed by atoms with Gasteiger partial charge in [0.1, 0.15) is 54.6 Å². The van der Waals surface area contributed by atoms with Crippen LogP contribution in [0.1, 0.15) is 18.9 Å². The van der Waals surface area contributed by atoms with Gasteiger partial charge in [-0.15, -0.1) is 0 Å². The second-order valence-corrected chi connectivity index (χ2v) is 11.3. The summed E-state index contributed by atoms with van der Waals surface area (Å²) in [4.78, 5) is 25.7. The number of hydrogen-bond donors (Lipinski definition) is 8. The summed E-state index contributed by atoms with van der Waals surface area (Å²) in [6, 6.07) is 6.39. The molecule has 3 aliphatic rings. The first-order valence-electron chi connectivity index (χ1n) is 15.2. The average molecular weight is 687 g/mol. The molecule has 0 aliphatic carbocycles. The molecule has 2 fully saturated rings. The van der Waals surface area contributed by atoms with Crippen molar-refractivity contribution >= 4 is 11.9 Å². The van der Waals surface area contributed by atoms with Crippen LogP contribution >= 0.6 is 0 Å². The van der Waals surface area contributed by atoms with E-state index in [0.29, 0.717) is 6.42 Å². The zero-order chi connectivity index (χ0) is 35.1. The van der Waals surface area contributed by atoms with Crippen LogP contribution in [0.5, 0.6) is 5.75 Å². The van der Waals surface area contributed by atoms with Crippen LogP contribution in [-0.4, -0.2) is 147 Å². The number of aliphatic hydroxyl groups excluding tert-OH is 8. The molecule has 0 spiro atoms. The van der Waals surface area contributed by atoms with Gasteiger partial charge < -0.3 is 74.0 Å². The Morgan fingerprint density at radius 1 is 0.833 bits per heavy atom. The number of carbonyl (C=O) groups excluding carboxylic acids is 2. The molecule has 17 nitrogen and oxygen atoms in total. The van der Waals surface area contributed by atoms with E-state index >= 15 is 0 Å². The zero-order valence-electron chi connectivity index (χ0n) is 26.2. The number of aliphatic hydroxyl groups is 8. The molecule has 17 heteroatoms. The number of carbonyl (C=O) groups is 2. The molecule has 3 heterocycles. The normalized spacial score (nSPS) is 36.2. The van der Waals surface area contributed by atoms with Gasteiger partial charge in [0.2, 0.25) is 6.29 Å². The van der Waals surface area contributed by atoms with Crippen molar-refractivity contribution in [3.05, 3.63) is 53.3 Å². The minimum absolute atomic E-state index is 0.0223. The summed E-state index contributed by atoms with van der Waals surface area (Å²) in [7, 11) is 1.15. The van der Waals surface area contributed by atoms with Gasteiger partial charge in [-0.25, -0.2) is 4.79 Å². The predicted octanol–water partition coefficient (Wildman–Crippen LogP) is -2.87. The number of hydrogen-bond acceptors (Lipinski definition) is 17. The van der Waals surface area contributed by atoms with Crippen molar-refractivity contribution in [2.45, 2.75) is 87.5 Å². The molecule has 4 rings (SSSR count). The maximum atomic E-state index is 13.1. The molecule has 0 bridgehead atoms. The molecule has 1 aromatic rings. The van der Waals surface area contributed by atoms with Crippen LogP contribution in [0, 0.1) is 5.92 Å². The summed E-state index contributed by atoms with van der Waals surface area (Å²) in [6.45, 7) is 0.393. The molecule has 1 aromatic carbocycles. The van der Waals surface area contributed by atoms with Gasteiger partial charge in [0, 0.05) is 11.5 Å². The van der Waals surface area contributed by atoms with Crippen molar-refractivity contribution in [3.63, 3.8) is 0 Å². The molecule has 0 saturated carbocycles. The lowest BCUT2D eigenvalue weighted by molar-refractivity contribution is -0.327. The smallest absolute Gasteiger partial charge is 0.337 e. The van der Waals surface area contributed by atoms with Crippen LogP contribution in [0.3, 0.4) is 0 Å². The fourth-order valence-corrected chi connectivity index (χ4v) is 5.49. The van der Waals surface area contributed by atoms with Crippen LogP contribution in [0.2, 0.25) is 0 Å². The highest BCUT2D eigenvalue weighted by Gasteiger charge is 2.47. The number of ether oxygens (including phenoxy) is 7. The monoisotopic (exact) mass is 686 g/mol. The third-order valence-corrected chi connectivity index (χ3v) is 8.28. The van der Waals surface area contributed by atoms with E-state index in [9.17, 15) is 50.4 Å². The molecule has 0 aromatic heterocycles. The lowest BCUT2D eigenvalue weighted by atomic mass is 9.86. The average Bonchev–Trinajstić information content (AvgIpc) is 3.08. The highest BCUT2D eigenvalue weighted by molar-refractivity contribution is 5.91. The Labute approximate surface area is 275 Å². The summed E-state index contributed by atoms with van der Waals surface area (Å²) < 4.78 is 37.9. The fourth-order valence-electron chi connectivity index (χ4n) is 5.49. The van der Waals surface area contributed by atoms with Crippen molar-refractivity contribution in [1.29, 1.82) is 0 Å². The lowest BCUT2D eigenvalue weighted by Crippen LogP contribution is -2.60. The van der Waals surface area contributed by atoms with Crippen LogP contribution in [0.25, 0.3) is 0 Å². The second-order valence-electron chi connectivity index (χ2n) is 11.3. The third kappa shape index (κ3) is 8.57. The third-order valence-electron chi connectivity index (χ3n) is 8.28. The molecular weight excluding hydrogens is 644 g/mol. The minimum Gasteiger partial charge on any atom is -0.468 e. The maximum Gasteiger partial charge on any atom is 0.337 e. The Morgan fingerprint density at radius 2 is 1.42 bits per heavy atom. The van der Waals surface area contributed by atoms with Gasteiger partial charge in [-0.2, -0.15) is 0 Å². The number of esters is 2. The van der Waals surface area contributed by atoms with Crippen molar-refractivity contribution in [2.24, 2.45) is 5.92 Å². The summed E-state index contributed by atoms with van der Waals surface area (Å²) in [5, 5.41) is 79.3.